The Hall–Kier alpha value is -0.860. The van der Waals surface area contributed by atoms with Crippen molar-refractivity contribution in [2.45, 2.75) is 58.5 Å². The molecule has 0 aliphatic rings. The lowest BCUT2D eigenvalue weighted by atomic mass is 9.84. The molecule has 0 bridgehead atoms. The second-order valence-electron chi connectivity index (χ2n) is 5.92. The first-order chi connectivity index (χ1) is 9.01. The highest BCUT2D eigenvalue weighted by atomic mass is 16.3. The smallest absolute Gasteiger partial charge is 0.0646 e. The summed E-state index contributed by atoms with van der Waals surface area (Å²) < 4.78 is 0. The minimum atomic E-state index is -0.352. The van der Waals surface area contributed by atoms with E-state index in [1.807, 2.05) is 0 Å². The largest absolute Gasteiger partial charge is 0.392 e. The summed E-state index contributed by atoms with van der Waals surface area (Å²) in [4.78, 5) is 0. The van der Waals surface area contributed by atoms with Gasteiger partial charge in [-0.15, -0.1) is 0 Å². The van der Waals surface area contributed by atoms with Crippen LogP contribution in [0.25, 0.3) is 0 Å². The third-order valence-electron chi connectivity index (χ3n) is 4.02. The van der Waals surface area contributed by atoms with Gasteiger partial charge in [-0.05, 0) is 29.4 Å². The van der Waals surface area contributed by atoms with Gasteiger partial charge in [0.1, 0.15) is 0 Å². The van der Waals surface area contributed by atoms with Crippen LogP contribution in [0.5, 0.6) is 0 Å². The van der Waals surface area contributed by atoms with Gasteiger partial charge in [-0.2, -0.15) is 0 Å². The van der Waals surface area contributed by atoms with E-state index in [4.69, 9.17) is 5.73 Å². The van der Waals surface area contributed by atoms with Gasteiger partial charge >= 0.3 is 0 Å². The molecule has 0 aromatic heterocycles. The average Bonchev–Trinajstić information content (AvgIpc) is 2.40. The molecule has 2 nitrogen and oxygen atoms in total. The van der Waals surface area contributed by atoms with Crippen LogP contribution in [0.3, 0.4) is 0 Å². The van der Waals surface area contributed by atoms with E-state index in [9.17, 15) is 5.11 Å². The molecule has 3 atom stereocenters. The van der Waals surface area contributed by atoms with Crippen molar-refractivity contribution in [2.75, 3.05) is 6.54 Å². The fourth-order valence-corrected chi connectivity index (χ4v) is 2.62. The van der Waals surface area contributed by atoms with Crippen molar-refractivity contribution in [1.82, 2.24) is 0 Å². The molecule has 0 saturated carbocycles. The van der Waals surface area contributed by atoms with Gasteiger partial charge in [-0.3, -0.25) is 0 Å². The van der Waals surface area contributed by atoms with Crippen LogP contribution in [0, 0.1) is 5.92 Å². The van der Waals surface area contributed by atoms with Crippen LogP contribution in [0.1, 0.15) is 63.5 Å². The van der Waals surface area contributed by atoms with Crippen LogP contribution in [0.4, 0.5) is 0 Å². The topological polar surface area (TPSA) is 46.2 Å². The number of aliphatic hydroxyl groups excluding tert-OH is 1. The number of hydrogen-bond acceptors (Lipinski definition) is 2. The summed E-state index contributed by atoms with van der Waals surface area (Å²) in [5.41, 5.74) is 8.36. The Kier molecular flexibility index (Phi) is 6.53. The van der Waals surface area contributed by atoms with Crippen LogP contribution < -0.4 is 5.73 Å². The maximum absolute atomic E-state index is 10.5. The summed E-state index contributed by atoms with van der Waals surface area (Å²) in [7, 11) is 0. The molecule has 0 spiro atoms. The molecule has 0 heterocycles. The summed E-state index contributed by atoms with van der Waals surface area (Å²) in [5.74, 6) is 0.875. The summed E-state index contributed by atoms with van der Waals surface area (Å²) in [6.45, 7) is 9.13. The fraction of sp³-hybridized carbons (Fsp3) is 0.647. The van der Waals surface area contributed by atoms with Gasteiger partial charge in [0.2, 0.25) is 0 Å². The van der Waals surface area contributed by atoms with Gasteiger partial charge < -0.3 is 10.8 Å². The molecule has 3 unspecified atom stereocenters. The Morgan fingerprint density at radius 2 is 1.58 bits per heavy atom. The molecule has 3 N–H and O–H groups in total. The predicted molar refractivity (Wildman–Crippen MR) is 82.4 cm³/mol. The molecule has 0 fully saturated rings. The van der Waals surface area contributed by atoms with E-state index < -0.39 is 0 Å². The number of rotatable bonds is 7. The van der Waals surface area contributed by atoms with E-state index in [2.05, 4.69) is 52.0 Å². The van der Waals surface area contributed by atoms with Crippen molar-refractivity contribution in [1.29, 1.82) is 0 Å². The van der Waals surface area contributed by atoms with Gasteiger partial charge in [-0.25, -0.2) is 0 Å². The Morgan fingerprint density at radius 3 is 2.00 bits per heavy atom. The number of nitrogens with two attached hydrogens (primary N) is 1. The number of aliphatic hydroxyl groups is 1. The Morgan fingerprint density at radius 1 is 1.05 bits per heavy atom. The first-order valence-corrected chi connectivity index (χ1v) is 7.49. The summed E-state index contributed by atoms with van der Waals surface area (Å²) >= 11 is 0. The lowest BCUT2D eigenvalue weighted by Crippen LogP contribution is -2.31. The maximum atomic E-state index is 10.5. The molecule has 0 aliphatic carbocycles. The third-order valence-corrected chi connectivity index (χ3v) is 4.02. The van der Waals surface area contributed by atoms with Crippen molar-refractivity contribution < 1.29 is 5.11 Å². The minimum Gasteiger partial charge on any atom is -0.392 e. The molecule has 0 aliphatic heterocycles. The van der Waals surface area contributed by atoms with Gasteiger partial charge in [0.25, 0.3) is 0 Å². The highest BCUT2D eigenvalue weighted by Crippen LogP contribution is 2.27. The van der Waals surface area contributed by atoms with E-state index in [0.29, 0.717) is 18.4 Å². The number of benzene rings is 1. The Labute approximate surface area is 118 Å². The van der Waals surface area contributed by atoms with Gasteiger partial charge in [0, 0.05) is 12.5 Å². The molecule has 0 amide bonds. The molecule has 1 aromatic carbocycles. The third kappa shape index (κ3) is 4.32. The molecule has 19 heavy (non-hydrogen) atoms. The Bertz CT molecular complexity index is 358. The minimum absolute atomic E-state index is 0.0442. The van der Waals surface area contributed by atoms with E-state index in [0.717, 1.165) is 18.4 Å². The van der Waals surface area contributed by atoms with Crippen LogP contribution in [0.2, 0.25) is 0 Å². The van der Waals surface area contributed by atoms with Crippen molar-refractivity contribution in [2.24, 2.45) is 11.7 Å². The van der Waals surface area contributed by atoms with Gasteiger partial charge in [0.15, 0.2) is 0 Å². The molecule has 0 radical (unpaired) electrons. The molecular weight excluding hydrogens is 234 g/mol. The first-order valence-electron chi connectivity index (χ1n) is 7.49. The zero-order valence-electron chi connectivity index (χ0n) is 12.8. The fourth-order valence-electron chi connectivity index (χ4n) is 2.62. The second kappa shape index (κ2) is 7.66. The van der Waals surface area contributed by atoms with Crippen molar-refractivity contribution in [3.63, 3.8) is 0 Å². The van der Waals surface area contributed by atoms with Crippen molar-refractivity contribution in [3.8, 4) is 0 Å². The van der Waals surface area contributed by atoms with Crippen LogP contribution in [-0.4, -0.2) is 17.8 Å². The van der Waals surface area contributed by atoms with Crippen LogP contribution in [0.15, 0.2) is 24.3 Å². The van der Waals surface area contributed by atoms with E-state index >= 15 is 0 Å². The van der Waals surface area contributed by atoms with E-state index in [1.165, 1.54) is 5.56 Å². The molecule has 108 valence electrons. The molecular formula is C17H29NO. The summed E-state index contributed by atoms with van der Waals surface area (Å²) in [6.07, 6.45) is 1.79. The molecule has 2 heteroatoms. The normalized spacial score (nSPS) is 16.4. The zero-order chi connectivity index (χ0) is 14.4. The summed E-state index contributed by atoms with van der Waals surface area (Å²) in [6, 6.07) is 8.54. The quantitative estimate of drug-likeness (QED) is 0.789. The Balaban J connectivity index is 2.84. The molecule has 1 aromatic rings. The highest BCUT2D eigenvalue weighted by molar-refractivity contribution is 5.28. The van der Waals surface area contributed by atoms with Crippen LogP contribution >= 0.6 is 0 Å². The predicted octanol–water partition coefficient (Wildman–Crippen LogP) is 3.65. The SMILES string of the molecule is CCCC(C)C(O)C(CN)c1ccc(C(C)C)cc1. The van der Waals surface area contributed by atoms with E-state index in [1.54, 1.807) is 0 Å². The average molecular weight is 263 g/mol. The van der Waals surface area contributed by atoms with Crippen molar-refractivity contribution in [3.05, 3.63) is 35.4 Å². The van der Waals surface area contributed by atoms with Gasteiger partial charge in [-0.1, -0.05) is 58.4 Å². The maximum Gasteiger partial charge on any atom is 0.0646 e. The van der Waals surface area contributed by atoms with Crippen molar-refractivity contribution >= 4 is 0 Å². The first kappa shape index (κ1) is 16.2. The highest BCUT2D eigenvalue weighted by Gasteiger charge is 2.24. The van der Waals surface area contributed by atoms with E-state index in [-0.39, 0.29) is 12.0 Å². The summed E-state index contributed by atoms with van der Waals surface area (Å²) in [5, 5.41) is 10.5. The monoisotopic (exact) mass is 263 g/mol. The van der Waals surface area contributed by atoms with Gasteiger partial charge in [0.05, 0.1) is 6.10 Å². The standard InChI is InChI=1S/C17H29NO/c1-5-6-13(4)17(19)16(11-18)15-9-7-14(8-10-15)12(2)3/h7-10,12-13,16-17,19H,5-6,11,18H2,1-4H3. The lowest BCUT2D eigenvalue weighted by molar-refractivity contribution is 0.0859. The lowest BCUT2D eigenvalue weighted by Gasteiger charge is -2.27. The van der Waals surface area contributed by atoms with Crippen LogP contribution in [-0.2, 0) is 0 Å². The molecule has 1 rings (SSSR count). The zero-order valence-corrected chi connectivity index (χ0v) is 12.8. The second-order valence-corrected chi connectivity index (χ2v) is 5.92. The molecule has 0 saturated heterocycles. The number of hydrogen-bond donors (Lipinski definition) is 2.